The Morgan fingerprint density at radius 2 is 1.61 bits per heavy atom. The molecule has 6 heteroatoms. The van der Waals surface area contributed by atoms with Gasteiger partial charge in [0.2, 0.25) is 11.2 Å². The van der Waals surface area contributed by atoms with Gasteiger partial charge in [-0.05, 0) is 53.6 Å². The molecular formula is C27H28O6. The lowest BCUT2D eigenvalue weighted by molar-refractivity contribution is 0.365. The van der Waals surface area contributed by atoms with Crippen LogP contribution in [0.5, 0.6) is 23.0 Å². The molecule has 0 bridgehead atoms. The van der Waals surface area contributed by atoms with Crippen LogP contribution in [0, 0.1) is 12.8 Å². The molecule has 4 N–H and O–H groups in total. The predicted octanol–water partition coefficient (Wildman–Crippen LogP) is 6.07. The zero-order valence-electron chi connectivity index (χ0n) is 19.4. The van der Waals surface area contributed by atoms with Crippen molar-refractivity contribution in [3.63, 3.8) is 0 Å². The van der Waals surface area contributed by atoms with Crippen molar-refractivity contribution in [1.82, 2.24) is 0 Å². The quantitative estimate of drug-likeness (QED) is 0.282. The van der Waals surface area contributed by atoms with Crippen LogP contribution in [0.4, 0.5) is 0 Å². The first-order valence-corrected chi connectivity index (χ1v) is 11.0. The Hall–Kier alpha value is -3.67. The van der Waals surface area contributed by atoms with E-state index >= 15 is 0 Å². The van der Waals surface area contributed by atoms with Crippen LogP contribution in [0.2, 0.25) is 0 Å². The van der Waals surface area contributed by atoms with Crippen LogP contribution >= 0.6 is 0 Å². The summed E-state index contributed by atoms with van der Waals surface area (Å²) < 4.78 is 6.00. The van der Waals surface area contributed by atoms with E-state index in [1.807, 2.05) is 39.8 Å². The highest BCUT2D eigenvalue weighted by molar-refractivity contribution is 5.96. The first kappa shape index (κ1) is 22.5. The van der Waals surface area contributed by atoms with E-state index in [0.717, 1.165) is 16.3 Å². The summed E-state index contributed by atoms with van der Waals surface area (Å²) in [4.78, 5) is 13.6. The van der Waals surface area contributed by atoms with Gasteiger partial charge >= 0.3 is 0 Å². The van der Waals surface area contributed by atoms with E-state index in [2.05, 4.69) is 0 Å². The van der Waals surface area contributed by atoms with Crippen molar-refractivity contribution in [3.8, 4) is 34.1 Å². The minimum absolute atomic E-state index is 0.0792. The molecule has 33 heavy (non-hydrogen) atoms. The van der Waals surface area contributed by atoms with Crippen molar-refractivity contribution < 1.29 is 24.8 Å². The van der Waals surface area contributed by atoms with Crippen LogP contribution in [-0.4, -0.2) is 20.4 Å². The number of benzene rings is 3. The average molecular weight is 449 g/mol. The third-order valence-electron chi connectivity index (χ3n) is 6.05. The molecule has 0 radical (unpaired) electrons. The zero-order chi connectivity index (χ0) is 24.2. The normalized spacial score (nSPS) is 11.8. The van der Waals surface area contributed by atoms with Crippen LogP contribution < -0.4 is 5.43 Å². The van der Waals surface area contributed by atoms with Gasteiger partial charge in [-0.25, -0.2) is 0 Å². The number of aromatic hydroxyl groups is 4. The molecule has 0 saturated heterocycles. The molecule has 0 aliphatic carbocycles. The Bertz CT molecular complexity index is 1460. The van der Waals surface area contributed by atoms with Gasteiger partial charge in [0.15, 0.2) is 11.5 Å². The van der Waals surface area contributed by atoms with E-state index < -0.39 is 22.7 Å². The fraction of sp³-hybridized carbons (Fsp3) is 0.296. The second-order valence-electron chi connectivity index (χ2n) is 9.28. The molecule has 0 aliphatic heterocycles. The summed E-state index contributed by atoms with van der Waals surface area (Å²) in [7, 11) is 0. The third-order valence-corrected chi connectivity index (χ3v) is 6.05. The zero-order valence-corrected chi connectivity index (χ0v) is 19.4. The van der Waals surface area contributed by atoms with E-state index in [1.165, 1.54) is 0 Å². The molecule has 3 aromatic carbocycles. The largest absolute Gasteiger partial charge is 0.508 e. The molecule has 4 rings (SSSR count). The average Bonchev–Trinajstić information content (AvgIpc) is 2.74. The third kappa shape index (κ3) is 3.55. The number of phenols is 4. The van der Waals surface area contributed by atoms with Crippen LogP contribution in [0.15, 0.2) is 39.5 Å². The van der Waals surface area contributed by atoms with Crippen LogP contribution in [0.25, 0.3) is 32.9 Å². The minimum Gasteiger partial charge on any atom is -0.508 e. The van der Waals surface area contributed by atoms with E-state index in [9.17, 15) is 25.2 Å². The molecule has 0 atom stereocenters. The van der Waals surface area contributed by atoms with Crippen molar-refractivity contribution in [1.29, 1.82) is 0 Å². The van der Waals surface area contributed by atoms with E-state index in [1.54, 1.807) is 25.1 Å². The van der Waals surface area contributed by atoms with Crippen molar-refractivity contribution in [2.24, 2.45) is 5.92 Å². The summed E-state index contributed by atoms with van der Waals surface area (Å²) in [5, 5.41) is 43.1. The predicted molar refractivity (Wildman–Crippen MR) is 129 cm³/mol. The highest BCUT2D eigenvalue weighted by atomic mass is 16.3. The van der Waals surface area contributed by atoms with Crippen LogP contribution in [0.3, 0.4) is 0 Å². The summed E-state index contributed by atoms with van der Waals surface area (Å²) in [6, 6.07) is 8.92. The van der Waals surface area contributed by atoms with Gasteiger partial charge < -0.3 is 24.8 Å². The summed E-state index contributed by atoms with van der Waals surface area (Å²) >= 11 is 0. The number of hydrogen-bond donors (Lipinski definition) is 4. The lowest BCUT2D eigenvalue weighted by Crippen LogP contribution is -2.10. The van der Waals surface area contributed by atoms with Crippen LogP contribution in [-0.2, 0) is 6.42 Å². The van der Waals surface area contributed by atoms with Crippen molar-refractivity contribution in [2.45, 2.75) is 47.0 Å². The smallest absolute Gasteiger partial charge is 0.204 e. The van der Waals surface area contributed by atoms with Gasteiger partial charge in [-0.15, -0.1) is 0 Å². The van der Waals surface area contributed by atoms with E-state index in [4.69, 9.17) is 4.42 Å². The van der Waals surface area contributed by atoms with E-state index in [0.29, 0.717) is 17.7 Å². The monoisotopic (exact) mass is 448 g/mol. The number of fused-ring (bicyclic) bond motifs is 2. The standard InChI is InChI=1S/C27H28O6/c1-12(2)10-18-23(29)26(32)25(31)22-24(30)21(14(5)33-27(18)22)16-6-8-17-15(11-16)7-9-19(28)20(17)13(3)4/h6-9,11-13,28-29,31-32H,10H2,1-5H3. The summed E-state index contributed by atoms with van der Waals surface area (Å²) in [6.45, 7) is 9.55. The topological polar surface area (TPSA) is 111 Å². The molecular weight excluding hydrogens is 420 g/mol. The molecule has 172 valence electrons. The van der Waals surface area contributed by atoms with Crippen molar-refractivity contribution in [2.75, 3.05) is 0 Å². The van der Waals surface area contributed by atoms with Gasteiger partial charge in [0, 0.05) is 11.1 Å². The maximum atomic E-state index is 13.6. The fourth-order valence-corrected chi connectivity index (χ4v) is 4.59. The maximum Gasteiger partial charge on any atom is 0.204 e. The molecule has 0 saturated carbocycles. The number of rotatable bonds is 4. The lowest BCUT2D eigenvalue weighted by atomic mass is 9.92. The van der Waals surface area contributed by atoms with Gasteiger partial charge in [-0.3, -0.25) is 4.79 Å². The van der Waals surface area contributed by atoms with Gasteiger partial charge in [0.1, 0.15) is 22.5 Å². The summed E-state index contributed by atoms with van der Waals surface area (Å²) in [5.41, 5.74) is 1.56. The van der Waals surface area contributed by atoms with Gasteiger partial charge in [0.25, 0.3) is 0 Å². The lowest BCUT2D eigenvalue weighted by Gasteiger charge is -2.16. The number of aryl methyl sites for hydroxylation is 1. The molecule has 1 heterocycles. The molecule has 6 nitrogen and oxygen atoms in total. The van der Waals surface area contributed by atoms with Gasteiger partial charge in [-0.1, -0.05) is 45.9 Å². The second-order valence-corrected chi connectivity index (χ2v) is 9.28. The Labute approximate surface area is 191 Å². The Morgan fingerprint density at radius 1 is 0.909 bits per heavy atom. The molecule has 0 spiro atoms. The Balaban J connectivity index is 2.04. The molecule has 0 unspecified atom stereocenters. The molecule has 4 aromatic rings. The minimum atomic E-state index is -0.726. The maximum absolute atomic E-state index is 13.6. The van der Waals surface area contributed by atoms with Crippen molar-refractivity contribution in [3.05, 3.63) is 57.4 Å². The van der Waals surface area contributed by atoms with Gasteiger partial charge in [0.05, 0.1) is 5.56 Å². The highest BCUT2D eigenvalue weighted by Crippen LogP contribution is 2.45. The van der Waals surface area contributed by atoms with Crippen LogP contribution in [0.1, 0.15) is 50.5 Å². The number of hydrogen-bond acceptors (Lipinski definition) is 6. The van der Waals surface area contributed by atoms with E-state index in [-0.39, 0.29) is 39.7 Å². The highest BCUT2D eigenvalue weighted by Gasteiger charge is 2.26. The first-order chi connectivity index (χ1) is 15.5. The Morgan fingerprint density at radius 3 is 2.24 bits per heavy atom. The Kier molecular flexibility index (Phi) is 5.48. The molecule has 0 amide bonds. The molecule has 1 aromatic heterocycles. The SMILES string of the molecule is Cc1oc2c(CC(C)C)c(O)c(O)c(O)c2c(=O)c1-c1ccc2c(C(C)C)c(O)ccc2c1. The summed E-state index contributed by atoms with van der Waals surface area (Å²) in [5.74, 6) is -1.11. The number of phenolic OH excluding ortho intramolecular Hbond substituents is 4. The summed E-state index contributed by atoms with van der Waals surface area (Å²) in [6.07, 6.45) is 0.356. The van der Waals surface area contributed by atoms with Gasteiger partial charge in [-0.2, -0.15) is 0 Å². The first-order valence-electron chi connectivity index (χ1n) is 11.0. The molecule has 0 aliphatic rings. The fourth-order valence-electron chi connectivity index (χ4n) is 4.59. The molecule has 0 fully saturated rings. The second kappa shape index (κ2) is 8.03. The van der Waals surface area contributed by atoms with Crippen molar-refractivity contribution >= 4 is 21.7 Å².